The molecule has 0 aliphatic rings. The topological polar surface area (TPSA) is 61.0 Å². The molecule has 0 spiro atoms. The van der Waals surface area contributed by atoms with Gasteiger partial charge in [0.05, 0.1) is 11.4 Å². The number of anilines is 1. The number of para-hydroxylation sites is 1. The quantitative estimate of drug-likeness (QED) is 0.402. The highest BCUT2D eigenvalue weighted by Gasteiger charge is 2.09. The Kier molecular flexibility index (Phi) is 6.43. The first kappa shape index (κ1) is 20.4. The van der Waals surface area contributed by atoms with Crippen LogP contribution in [0.3, 0.4) is 0 Å². The van der Waals surface area contributed by atoms with E-state index < -0.39 is 0 Å². The molecule has 1 aromatic heterocycles. The maximum atomic E-state index is 12.5. The zero-order chi connectivity index (χ0) is 21.5. The fourth-order valence-electron chi connectivity index (χ4n) is 3.46. The summed E-state index contributed by atoms with van der Waals surface area (Å²) in [5.41, 5.74) is 5.73. The van der Waals surface area contributed by atoms with Gasteiger partial charge in [0.15, 0.2) is 0 Å². The van der Waals surface area contributed by atoms with Crippen molar-refractivity contribution in [3.8, 4) is 22.5 Å². The van der Waals surface area contributed by atoms with Gasteiger partial charge in [0.1, 0.15) is 0 Å². The van der Waals surface area contributed by atoms with Crippen LogP contribution in [0.2, 0.25) is 0 Å². The summed E-state index contributed by atoms with van der Waals surface area (Å²) in [6.07, 6.45) is 0.881. The van der Waals surface area contributed by atoms with Crippen LogP contribution in [0, 0.1) is 0 Å². The normalized spacial score (nSPS) is 10.6. The average Bonchev–Trinajstić information content (AvgIpc) is 3.33. The SMILES string of the molecule is CN(CCCNC(=O)c1ccc(-c2cc(-c3ccccc3)n[nH]2)cc1)c1ccccc1. The molecule has 0 atom stereocenters. The predicted octanol–water partition coefficient (Wildman–Crippen LogP) is 5.00. The van der Waals surface area contributed by atoms with Gasteiger partial charge in [-0.25, -0.2) is 0 Å². The van der Waals surface area contributed by atoms with E-state index in [9.17, 15) is 4.79 Å². The fourth-order valence-corrected chi connectivity index (χ4v) is 3.46. The Morgan fingerprint density at radius 3 is 2.29 bits per heavy atom. The number of amides is 1. The van der Waals surface area contributed by atoms with Crippen LogP contribution in [-0.2, 0) is 0 Å². The smallest absolute Gasteiger partial charge is 0.251 e. The van der Waals surface area contributed by atoms with Gasteiger partial charge < -0.3 is 10.2 Å². The molecule has 0 aliphatic heterocycles. The second kappa shape index (κ2) is 9.76. The summed E-state index contributed by atoms with van der Waals surface area (Å²) in [5, 5.41) is 10.5. The number of benzene rings is 3. The maximum absolute atomic E-state index is 12.5. The van der Waals surface area contributed by atoms with E-state index in [2.05, 4.69) is 39.6 Å². The summed E-state index contributed by atoms with van der Waals surface area (Å²) in [4.78, 5) is 14.6. The standard InChI is InChI=1S/C26H26N4O/c1-30(23-11-6-3-7-12-23)18-8-17-27-26(31)22-15-13-21(14-16-22)25-19-24(28-29-25)20-9-4-2-5-10-20/h2-7,9-16,19H,8,17-18H2,1H3,(H,27,31)(H,28,29). The lowest BCUT2D eigenvalue weighted by Crippen LogP contribution is -2.28. The Hall–Kier alpha value is -3.86. The Labute approximate surface area is 182 Å². The van der Waals surface area contributed by atoms with Gasteiger partial charge in [-0.1, -0.05) is 60.7 Å². The van der Waals surface area contributed by atoms with Crippen molar-refractivity contribution in [2.75, 3.05) is 25.0 Å². The van der Waals surface area contributed by atoms with E-state index in [4.69, 9.17) is 0 Å². The molecule has 0 saturated heterocycles. The number of aromatic nitrogens is 2. The minimum atomic E-state index is -0.0523. The van der Waals surface area contributed by atoms with E-state index in [0.29, 0.717) is 12.1 Å². The summed E-state index contributed by atoms with van der Waals surface area (Å²) < 4.78 is 0. The predicted molar refractivity (Wildman–Crippen MR) is 126 cm³/mol. The van der Waals surface area contributed by atoms with Crippen LogP contribution < -0.4 is 10.2 Å². The number of H-pyrrole nitrogens is 1. The molecule has 5 heteroatoms. The number of carbonyl (C=O) groups excluding carboxylic acids is 1. The molecule has 31 heavy (non-hydrogen) atoms. The van der Waals surface area contributed by atoms with Crippen molar-refractivity contribution in [2.24, 2.45) is 0 Å². The van der Waals surface area contributed by atoms with Crippen LogP contribution in [0.1, 0.15) is 16.8 Å². The number of hydrogen-bond donors (Lipinski definition) is 2. The third-order valence-corrected chi connectivity index (χ3v) is 5.26. The number of rotatable bonds is 8. The van der Waals surface area contributed by atoms with Crippen molar-refractivity contribution in [3.05, 3.63) is 96.6 Å². The summed E-state index contributed by atoms with van der Waals surface area (Å²) in [6, 6.07) is 29.9. The van der Waals surface area contributed by atoms with Gasteiger partial charge in [0, 0.05) is 37.0 Å². The van der Waals surface area contributed by atoms with Crippen molar-refractivity contribution in [2.45, 2.75) is 6.42 Å². The number of nitrogens with zero attached hydrogens (tertiary/aromatic N) is 2. The number of hydrogen-bond acceptors (Lipinski definition) is 3. The van der Waals surface area contributed by atoms with Crippen molar-refractivity contribution in [3.63, 3.8) is 0 Å². The Morgan fingerprint density at radius 1 is 0.903 bits per heavy atom. The summed E-state index contributed by atoms with van der Waals surface area (Å²) in [6.45, 7) is 1.52. The Morgan fingerprint density at radius 2 is 1.58 bits per heavy atom. The zero-order valence-corrected chi connectivity index (χ0v) is 17.6. The molecular formula is C26H26N4O. The highest BCUT2D eigenvalue weighted by atomic mass is 16.1. The van der Waals surface area contributed by atoms with E-state index in [1.165, 1.54) is 5.69 Å². The molecule has 0 unspecified atom stereocenters. The lowest BCUT2D eigenvalue weighted by Gasteiger charge is -2.19. The third kappa shape index (κ3) is 5.20. The first-order valence-corrected chi connectivity index (χ1v) is 10.5. The minimum absolute atomic E-state index is 0.0523. The van der Waals surface area contributed by atoms with Crippen molar-refractivity contribution in [1.82, 2.24) is 15.5 Å². The molecule has 1 heterocycles. The molecule has 0 bridgehead atoms. The van der Waals surface area contributed by atoms with E-state index in [-0.39, 0.29) is 5.91 Å². The van der Waals surface area contributed by atoms with Gasteiger partial charge in [0.25, 0.3) is 5.91 Å². The largest absolute Gasteiger partial charge is 0.375 e. The second-order valence-electron chi connectivity index (χ2n) is 7.48. The minimum Gasteiger partial charge on any atom is -0.375 e. The molecule has 5 nitrogen and oxygen atoms in total. The molecule has 156 valence electrons. The van der Waals surface area contributed by atoms with Gasteiger partial charge in [-0.2, -0.15) is 5.10 Å². The molecule has 4 aromatic rings. The highest BCUT2D eigenvalue weighted by Crippen LogP contribution is 2.23. The fraction of sp³-hybridized carbons (Fsp3) is 0.154. The molecule has 4 rings (SSSR count). The van der Waals surface area contributed by atoms with Crippen molar-refractivity contribution < 1.29 is 4.79 Å². The Balaban J connectivity index is 1.29. The second-order valence-corrected chi connectivity index (χ2v) is 7.48. The van der Waals surface area contributed by atoms with Crippen LogP contribution in [-0.4, -0.2) is 36.2 Å². The van der Waals surface area contributed by atoms with Crippen LogP contribution in [0.5, 0.6) is 0 Å². The maximum Gasteiger partial charge on any atom is 0.251 e. The number of carbonyl (C=O) groups is 1. The molecule has 0 saturated carbocycles. The first-order valence-electron chi connectivity index (χ1n) is 10.5. The summed E-state index contributed by atoms with van der Waals surface area (Å²) in [5.74, 6) is -0.0523. The van der Waals surface area contributed by atoms with Crippen LogP contribution in [0.15, 0.2) is 91.0 Å². The van der Waals surface area contributed by atoms with Crippen LogP contribution in [0.25, 0.3) is 22.5 Å². The van der Waals surface area contributed by atoms with E-state index in [0.717, 1.165) is 35.5 Å². The molecule has 2 N–H and O–H groups in total. The lowest BCUT2D eigenvalue weighted by molar-refractivity contribution is 0.0953. The summed E-state index contributed by atoms with van der Waals surface area (Å²) >= 11 is 0. The highest BCUT2D eigenvalue weighted by molar-refractivity contribution is 5.94. The van der Waals surface area contributed by atoms with Gasteiger partial charge in [-0.3, -0.25) is 9.89 Å². The monoisotopic (exact) mass is 410 g/mol. The molecular weight excluding hydrogens is 384 g/mol. The van der Waals surface area contributed by atoms with Gasteiger partial charge in [-0.15, -0.1) is 0 Å². The molecule has 0 fully saturated rings. The molecule has 0 aliphatic carbocycles. The van der Waals surface area contributed by atoms with E-state index >= 15 is 0 Å². The van der Waals surface area contributed by atoms with Crippen molar-refractivity contribution in [1.29, 1.82) is 0 Å². The molecule has 3 aromatic carbocycles. The van der Waals surface area contributed by atoms with Gasteiger partial charge in [0.2, 0.25) is 0 Å². The third-order valence-electron chi connectivity index (χ3n) is 5.26. The zero-order valence-electron chi connectivity index (χ0n) is 17.6. The summed E-state index contributed by atoms with van der Waals surface area (Å²) in [7, 11) is 2.06. The van der Waals surface area contributed by atoms with E-state index in [1.807, 2.05) is 78.9 Å². The van der Waals surface area contributed by atoms with Gasteiger partial charge >= 0.3 is 0 Å². The first-order chi connectivity index (χ1) is 15.2. The molecule has 1 amide bonds. The average molecular weight is 411 g/mol. The van der Waals surface area contributed by atoms with Crippen LogP contribution in [0.4, 0.5) is 5.69 Å². The Bertz CT molecular complexity index is 1110. The lowest BCUT2D eigenvalue weighted by atomic mass is 10.1. The van der Waals surface area contributed by atoms with Gasteiger partial charge in [-0.05, 0) is 42.3 Å². The van der Waals surface area contributed by atoms with E-state index in [1.54, 1.807) is 0 Å². The van der Waals surface area contributed by atoms with Crippen LogP contribution >= 0.6 is 0 Å². The number of nitrogens with one attached hydrogen (secondary N) is 2. The molecule has 0 radical (unpaired) electrons. The number of aromatic amines is 1. The van der Waals surface area contributed by atoms with Crippen molar-refractivity contribution >= 4 is 11.6 Å².